The summed E-state index contributed by atoms with van der Waals surface area (Å²) >= 11 is 0. The van der Waals surface area contributed by atoms with Crippen LogP contribution in [0.15, 0.2) is 42.5 Å². The van der Waals surface area contributed by atoms with E-state index in [0.717, 1.165) is 35.4 Å². The van der Waals surface area contributed by atoms with Crippen molar-refractivity contribution >= 4 is 23.2 Å². The van der Waals surface area contributed by atoms with E-state index in [1.54, 1.807) is 43.2 Å². The lowest BCUT2D eigenvalue weighted by atomic mass is 10.0. The summed E-state index contributed by atoms with van der Waals surface area (Å²) in [5.74, 6) is 0.556. The zero-order valence-corrected chi connectivity index (χ0v) is 16.5. The largest absolute Gasteiger partial charge is 0.497 e. The first-order valence-corrected chi connectivity index (χ1v) is 9.32. The number of benzene rings is 2. The highest BCUT2D eigenvalue weighted by Crippen LogP contribution is 2.27. The maximum atomic E-state index is 12.4. The van der Waals surface area contributed by atoms with Gasteiger partial charge in [0.05, 0.1) is 7.11 Å². The molecule has 2 aromatic carbocycles. The van der Waals surface area contributed by atoms with Crippen molar-refractivity contribution in [1.29, 1.82) is 0 Å². The number of carbonyl (C=O) groups excluding carboxylic acids is 2. The SMILES string of the molecule is CCc1cccc(CC)c1N(CCC(=O)Nc1ccc(OC)cc1)C(C)=O. The lowest BCUT2D eigenvalue weighted by Gasteiger charge is -2.26. The van der Waals surface area contributed by atoms with Gasteiger partial charge in [-0.1, -0.05) is 32.0 Å². The maximum absolute atomic E-state index is 12.4. The lowest BCUT2D eigenvalue weighted by molar-refractivity contribution is -0.117. The topological polar surface area (TPSA) is 58.6 Å². The van der Waals surface area contributed by atoms with E-state index >= 15 is 0 Å². The van der Waals surface area contributed by atoms with E-state index in [1.165, 1.54) is 0 Å². The van der Waals surface area contributed by atoms with Gasteiger partial charge in [0.15, 0.2) is 0 Å². The monoisotopic (exact) mass is 368 g/mol. The van der Waals surface area contributed by atoms with Gasteiger partial charge in [-0.25, -0.2) is 0 Å². The summed E-state index contributed by atoms with van der Waals surface area (Å²) in [4.78, 5) is 26.4. The number of carbonyl (C=O) groups is 2. The number of ether oxygens (including phenoxy) is 1. The Kier molecular flexibility index (Phi) is 7.41. The van der Waals surface area contributed by atoms with Gasteiger partial charge in [0.1, 0.15) is 5.75 Å². The number of para-hydroxylation sites is 1. The number of hydrogen-bond acceptors (Lipinski definition) is 3. The molecule has 1 N–H and O–H groups in total. The second-order valence-electron chi connectivity index (χ2n) is 6.33. The third-order valence-corrected chi connectivity index (χ3v) is 4.55. The predicted molar refractivity (Wildman–Crippen MR) is 109 cm³/mol. The van der Waals surface area contributed by atoms with Crippen LogP contribution in [0.5, 0.6) is 5.75 Å². The molecule has 144 valence electrons. The Morgan fingerprint density at radius 3 is 2.07 bits per heavy atom. The van der Waals surface area contributed by atoms with Gasteiger partial charge in [0.2, 0.25) is 11.8 Å². The fraction of sp³-hybridized carbons (Fsp3) is 0.364. The van der Waals surface area contributed by atoms with Crippen molar-refractivity contribution in [1.82, 2.24) is 0 Å². The van der Waals surface area contributed by atoms with Gasteiger partial charge in [-0.2, -0.15) is 0 Å². The molecule has 0 bridgehead atoms. The number of amides is 2. The van der Waals surface area contributed by atoms with Crippen molar-refractivity contribution in [2.45, 2.75) is 40.0 Å². The zero-order chi connectivity index (χ0) is 19.8. The lowest BCUT2D eigenvalue weighted by Crippen LogP contribution is -2.33. The van der Waals surface area contributed by atoms with Crippen molar-refractivity contribution < 1.29 is 14.3 Å². The highest BCUT2D eigenvalue weighted by molar-refractivity contribution is 5.96. The molecular weight excluding hydrogens is 340 g/mol. The summed E-state index contributed by atoms with van der Waals surface area (Å²) in [6.45, 7) is 6.05. The number of rotatable bonds is 8. The maximum Gasteiger partial charge on any atom is 0.226 e. The standard InChI is InChI=1S/C22H28N2O3/c1-5-17-8-7-9-18(6-2)22(17)24(16(3)25)15-14-21(26)23-19-10-12-20(27-4)13-11-19/h7-13H,5-6,14-15H2,1-4H3,(H,23,26). The Morgan fingerprint density at radius 2 is 1.59 bits per heavy atom. The van der Waals surface area contributed by atoms with Crippen LogP contribution in [0.3, 0.4) is 0 Å². The fourth-order valence-electron chi connectivity index (χ4n) is 3.10. The molecule has 0 aliphatic heterocycles. The molecule has 5 nitrogen and oxygen atoms in total. The first-order chi connectivity index (χ1) is 13.0. The van der Waals surface area contributed by atoms with Crippen molar-refractivity contribution in [2.75, 3.05) is 23.9 Å². The van der Waals surface area contributed by atoms with E-state index in [1.807, 2.05) is 18.2 Å². The van der Waals surface area contributed by atoms with Crippen LogP contribution in [0.2, 0.25) is 0 Å². The van der Waals surface area contributed by atoms with Crippen LogP contribution < -0.4 is 15.0 Å². The molecule has 0 aliphatic carbocycles. The van der Waals surface area contributed by atoms with E-state index < -0.39 is 0 Å². The van der Waals surface area contributed by atoms with Gasteiger partial charge >= 0.3 is 0 Å². The van der Waals surface area contributed by atoms with E-state index in [2.05, 4.69) is 19.2 Å². The summed E-state index contributed by atoms with van der Waals surface area (Å²) < 4.78 is 5.12. The summed E-state index contributed by atoms with van der Waals surface area (Å²) in [6, 6.07) is 13.3. The number of nitrogens with one attached hydrogen (secondary N) is 1. The molecule has 0 saturated heterocycles. The second-order valence-corrected chi connectivity index (χ2v) is 6.33. The molecule has 0 radical (unpaired) electrons. The Balaban J connectivity index is 2.10. The van der Waals surface area contributed by atoms with Gasteiger partial charge in [-0.05, 0) is 48.2 Å². The third kappa shape index (κ3) is 5.33. The fourth-order valence-corrected chi connectivity index (χ4v) is 3.10. The zero-order valence-electron chi connectivity index (χ0n) is 16.5. The Morgan fingerprint density at radius 1 is 1.00 bits per heavy atom. The Hall–Kier alpha value is -2.82. The van der Waals surface area contributed by atoms with E-state index in [9.17, 15) is 9.59 Å². The van der Waals surface area contributed by atoms with E-state index in [0.29, 0.717) is 12.2 Å². The molecule has 27 heavy (non-hydrogen) atoms. The first kappa shape index (κ1) is 20.5. The number of hydrogen-bond donors (Lipinski definition) is 1. The highest BCUT2D eigenvalue weighted by Gasteiger charge is 2.19. The molecule has 0 fully saturated rings. The first-order valence-electron chi connectivity index (χ1n) is 9.32. The van der Waals surface area contributed by atoms with Crippen LogP contribution in [-0.2, 0) is 22.4 Å². The minimum Gasteiger partial charge on any atom is -0.497 e. The molecular formula is C22H28N2O3. The van der Waals surface area contributed by atoms with Crippen LogP contribution >= 0.6 is 0 Å². The van der Waals surface area contributed by atoms with Crippen molar-refractivity contribution in [2.24, 2.45) is 0 Å². The average Bonchev–Trinajstić information content (AvgIpc) is 2.68. The Labute approximate surface area is 161 Å². The van der Waals surface area contributed by atoms with E-state index in [-0.39, 0.29) is 18.2 Å². The third-order valence-electron chi connectivity index (χ3n) is 4.55. The van der Waals surface area contributed by atoms with Gasteiger partial charge in [-0.15, -0.1) is 0 Å². The number of anilines is 2. The molecule has 0 atom stereocenters. The molecule has 0 heterocycles. The minimum atomic E-state index is -0.126. The van der Waals surface area contributed by atoms with Crippen LogP contribution in [0.1, 0.15) is 38.3 Å². The van der Waals surface area contributed by atoms with Crippen LogP contribution in [0, 0.1) is 0 Å². The second kappa shape index (κ2) is 9.76. The summed E-state index contributed by atoms with van der Waals surface area (Å²) in [5, 5.41) is 2.86. The number of methoxy groups -OCH3 is 1. The quantitative estimate of drug-likeness (QED) is 0.760. The van der Waals surface area contributed by atoms with Gasteiger partial charge in [0, 0.05) is 31.3 Å². The Bertz CT molecular complexity index is 762. The highest BCUT2D eigenvalue weighted by atomic mass is 16.5. The van der Waals surface area contributed by atoms with Gasteiger partial charge in [0.25, 0.3) is 0 Å². The van der Waals surface area contributed by atoms with Gasteiger partial charge in [-0.3, -0.25) is 9.59 Å². The van der Waals surface area contributed by atoms with Crippen LogP contribution in [0.25, 0.3) is 0 Å². The molecule has 2 aromatic rings. The number of aryl methyl sites for hydroxylation is 2. The molecule has 0 aliphatic rings. The summed E-state index contributed by atoms with van der Waals surface area (Å²) in [7, 11) is 1.60. The molecule has 2 amide bonds. The predicted octanol–water partition coefficient (Wildman–Crippen LogP) is 4.20. The van der Waals surface area contributed by atoms with Crippen LogP contribution in [0.4, 0.5) is 11.4 Å². The van der Waals surface area contributed by atoms with Crippen molar-refractivity contribution in [3.63, 3.8) is 0 Å². The molecule has 5 heteroatoms. The molecule has 0 saturated carbocycles. The van der Waals surface area contributed by atoms with E-state index in [4.69, 9.17) is 4.74 Å². The molecule has 2 rings (SSSR count). The van der Waals surface area contributed by atoms with Crippen molar-refractivity contribution in [3.8, 4) is 5.75 Å². The molecule has 0 unspecified atom stereocenters. The normalized spacial score (nSPS) is 10.4. The smallest absolute Gasteiger partial charge is 0.226 e. The molecule has 0 spiro atoms. The minimum absolute atomic E-state index is 0.0529. The molecule has 0 aromatic heterocycles. The van der Waals surface area contributed by atoms with Crippen LogP contribution in [-0.4, -0.2) is 25.5 Å². The van der Waals surface area contributed by atoms with Gasteiger partial charge < -0.3 is 15.0 Å². The average molecular weight is 368 g/mol. The summed E-state index contributed by atoms with van der Waals surface area (Å²) in [6.07, 6.45) is 1.91. The number of nitrogens with zero attached hydrogens (tertiary/aromatic N) is 1. The summed E-state index contributed by atoms with van der Waals surface area (Å²) in [5.41, 5.74) is 3.91. The van der Waals surface area contributed by atoms with Crippen molar-refractivity contribution in [3.05, 3.63) is 53.6 Å².